The highest BCUT2D eigenvalue weighted by Gasteiger charge is 2.18. The Morgan fingerprint density at radius 1 is 1.38 bits per heavy atom. The van der Waals surface area contributed by atoms with Crippen LogP contribution in [0.2, 0.25) is 0 Å². The maximum absolute atomic E-state index is 11.0. The highest BCUT2D eigenvalue weighted by molar-refractivity contribution is 5.79. The van der Waals surface area contributed by atoms with E-state index in [-0.39, 0.29) is 0 Å². The Balaban J connectivity index is 1.86. The molecule has 0 aromatic carbocycles. The second kappa shape index (κ2) is 3.77. The third-order valence-corrected chi connectivity index (χ3v) is 2.77. The summed E-state index contributed by atoms with van der Waals surface area (Å²) in [5.41, 5.74) is 1.26. The van der Waals surface area contributed by atoms with Crippen LogP contribution in [-0.4, -0.2) is 5.78 Å². The molecule has 2 rings (SSSR count). The molecular weight excluding hydrogens is 164 g/mol. The van der Waals surface area contributed by atoms with Crippen molar-refractivity contribution in [2.45, 2.75) is 32.1 Å². The zero-order valence-corrected chi connectivity index (χ0v) is 7.66. The molecule has 1 fully saturated rings. The smallest absolute Gasteiger partial charge is 0.132 e. The van der Waals surface area contributed by atoms with Gasteiger partial charge in [0.25, 0.3) is 0 Å². The van der Waals surface area contributed by atoms with Gasteiger partial charge in [-0.1, -0.05) is 0 Å². The molecule has 2 nitrogen and oxygen atoms in total. The molecule has 0 radical (unpaired) electrons. The number of Topliss-reactive ketones (excluding diaryl/α,β-unsaturated/α-hetero) is 1. The quantitative estimate of drug-likeness (QED) is 0.696. The number of hydrogen-bond acceptors (Lipinski definition) is 2. The van der Waals surface area contributed by atoms with Gasteiger partial charge in [0.15, 0.2) is 0 Å². The van der Waals surface area contributed by atoms with Gasteiger partial charge in [0.1, 0.15) is 5.78 Å². The van der Waals surface area contributed by atoms with E-state index >= 15 is 0 Å². The summed E-state index contributed by atoms with van der Waals surface area (Å²) in [5, 5.41) is 0. The molecule has 70 valence electrons. The van der Waals surface area contributed by atoms with Crippen LogP contribution in [-0.2, 0) is 11.2 Å². The largest absolute Gasteiger partial charge is 0.472 e. The standard InChI is InChI=1S/C11H14O2/c12-11-3-1-9(2-4-11)7-10-5-6-13-8-10/h5-6,8-9H,1-4,7H2. The minimum Gasteiger partial charge on any atom is -0.472 e. The van der Waals surface area contributed by atoms with Crippen molar-refractivity contribution in [1.82, 2.24) is 0 Å². The molecule has 0 unspecified atom stereocenters. The number of carbonyl (C=O) groups excluding carboxylic acids is 1. The third-order valence-electron chi connectivity index (χ3n) is 2.77. The van der Waals surface area contributed by atoms with E-state index in [1.165, 1.54) is 5.56 Å². The second-order valence-electron chi connectivity index (χ2n) is 3.82. The van der Waals surface area contributed by atoms with Crippen LogP contribution in [0.25, 0.3) is 0 Å². The van der Waals surface area contributed by atoms with Crippen LogP contribution in [0.5, 0.6) is 0 Å². The van der Waals surface area contributed by atoms with E-state index < -0.39 is 0 Å². The molecule has 1 aliphatic carbocycles. The first-order valence-corrected chi connectivity index (χ1v) is 4.87. The summed E-state index contributed by atoms with van der Waals surface area (Å²) in [5.74, 6) is 1.12. The molecule has 0 atom stereocenters. The van der Waals surface area contributed by atoms with Gasteiger partial charge in [0.05, 0.1) is 12.5 Å². The molecule has 0 saturated heterocycles. The van der Waals surface area contributed by atoms with Crippen LogP contribution in [0, 0.1) is 5.92 Å². The van der Waals surface area contributed by atoms with E-state index in [0.717, 1.165) is 32.1 Å². The van der Waals surface area contributed by atoms with Gasteiger partial charge in [-0.05, 0) is 36.8 Å². The van der Waals surface area contributed by atoms with Gasteiger partial charge in [-0.2, -0.15) is 0 Å². The average molecular weight is 178 g/mol. The number of ketones is 1. The molecule has 2 heteroatoms. The fraction of sp³-hybridized carbons (Fsp3) is 0.545. The van der Waals surface area contributed by atoms with Gasteiger partial charge < -0.3 is 4.42 Å². The Labute approximate surface area is 77.9 Å². The van der Waals surface area contributed by atoms with Gasteiger partial charge in [-0.3, -0.25) is 4.79 Å². The normalized spacial score (nSPS) is 19.2. The molecular formula is C11H14O2. The summed E-state index contributed by atoms with van der Waals surface area (Å²) in [7, 11) is 0. The Morgan fingerprint density at radius 2 is 2.15 bits per heavy atom. The van der Waals surface area contributed by atoms with Crippen LogP contribution in [0.15, 0.2) is 23.0 Å². The van der Waals surface area contributed by atoms with Gasteiger partial charge in [0.2, 0.25) is 0 Å². The molecule has 0 N–H and O–H groups in total. The van der Waals surface area contributed by atoms with Crippen molar-refractivity contribution in [2.75, 3.05) is 0 Å². The highest BCUT2D eigenvalue weighted by atomic mass is 16.3. The van der Waals surface area contributed by atoms with Crippen LogP contribution in [0.4, 0.5) is 0 Å². The predicted molar refractivity (Wildman–Crippen MR) is 49.4 cm³/mol. The lowest BCUT2D eigenvalue weighted by Crippen LogP contribution is -2.15. The Hall–Kier alpha value is -1.05. The predicted octanol–water partition coefficient (Wildman–Crippen LogP) is 2.58. The van der Waals surface area contributed by atoms with E-state index in [9.17, 15) is 4.79 Å². The first-order valence-electron chi connectivity index (χ1n) is 4.87. The summed E-state index contributed by atoms with van der Waals surface area (Å²) in [6.45, 7) is 0. The minimum absolute atomic E-state index is 0.434. The van der Waals surface area contributed by atoms with Crippen LogP contribution < -0.4 is 0 Å². The van der Waals surface area contributed by atoms with Crippen molar-refractivity contribution in [1.29, 1.82) is 0 Å². The van der Waals surface area contributed by atoms with E-state index in [1.54, 1.807) is 12.5 Å². The Kier molecular flexibility index (Phi) is 2.48. The van der Waals surface area contributed by atoms with Gasteiger partial charge in [-0.15, -0.1) is 0 Å². The third kappa shape index (κ3) is 2.20. The van der Waals surface area contributed by atoms with Crippen LogP contribution in [0.3, 0.4) is 0 Å². The minimum atomic E-state index is 0.434. The first-order chi connectivity index (χ1) is 6.34. The molecule has 1 aromatic heterocycles. The lowest BCUT2D eigenvalue weighted by Gasteiger charge is -2.19. The molecule has 1 aliphatic rings. The lowest BCUT2D eigenvalue weighted by molar-refractivity contribution is -0.120. The Morgan fingerprint density at radius 3 is 2.77 bits per heavy atom. The molecule has 1 heterocycles. The van der Waals surface area contributed by atoms with E-state index in [1.807, 2.05) is 6.07 Å². The molecule has 0 bridgehead atoms. The summed E-state index contributed by atoms with van der Waals surface area (Å²) < 4.78 is 5.01. The molecule has 1 saturated carbocycles. The van der Waals surface area contributed by atoms with Gasteiger partial charge in [0, 0.05) is 12.8 Å². The molecule has 0 amide bonds. The first kappa shape index (κ1) is 8.54. The lowest BCUT2D eigenvalue weighted by atomic mass is 9.85. The van der Waals surface area contributed by atoms with Crippen molar-refractivity contribution in [3.05, 3.63) is 24.2 Å². The monoisotopic (exact) mass is 178 g/mol. The summed E-state index contributed by atoms with van der Waals surface area (Å²) in [4.78, 5) is 11.0. The average Bonchev–Trinajstić information content (AvgIpc) is 2.62. The Bertz CT molecular complexity index is 264. The molecule has 0 aliphatic heterocycles. The summed E-state index contributed by atoms with van der Waals surface area (Å²) >= 11 is 0. The zero-order chi connectivity index (χ0) is 9.10. The van der Waals surface area contributed by atoms with Crippen LogP contribution in [0.1, 0.15) is 31.2 Å². The van der Waals surface area contributed by atoms with Crippen molar-refractivity contribution in [2.24, 2.45) is 5.92 Å². The van der Waals surface area contributed by atoms with Crippen LogP contribution >= 0.6 is 0 Å². The van der Waals surface area contributed by atoms with Crippen molar-refractivity contribution in [3.8, 4) is 0 Å². The van der Waals surface area contributed by atoms with E-state index in [2.05, 4.69) is 0 Å². The fourth-order valence-corrected chi connectivity index (χ4v) is 1.95. The van der Waals surface area contributed by atoms with Crippen molar-refractivity contribution in [3.63, 3.8) is 0 Å². The maximum atomic E-state index is 11.0. The highest BCUT2D eigenvalue weighted by Crippen LogP contribution is 2.24. The second-order valence-corrected chi connectivity index (χ2v) is 3.82. The molecule has 13 heavy (non-hydrogen) atoms. The van der Waals surface area contributed by atoms with Gasteiger partial charge >= 0.3 is 0 Å². The van der Waals surface area contributed by atoms with E-state index in [4.69, 9.17) is 4.42 Å². The fourth-order valence-electron chi connectivity index (χ4n) is 1.95. The maximum Gasteiger partial charge on any atom is 0.132 e. The zero-order valence-electron chi connectivity index (χ0n) is 7.66. The SMILES string of the molecule is O=C1CCC(Cc2ccoc2)CC1. The number of hydrogen-bond donors (Lipinski definition) is 0. The molecule has 1 aromatic rings. The van der Waals surface area contributed by atoms with Gasteiger partial charge in [-0.25, -0.2) is 0 Å². The van der Waals surface area contributed by atoms with E-state index in [0.29, 0.717) is 11.7 Å². The topological polar surface area (TPSA) is 30.2 Å². The number of rotatable bonds is 2. The summed E-state index contributed by atoms with van der Waals surface area (Å²) in [6.07, 6.45) is 8.27. The van der Waals surface area contributed by atoms with Crippen molar-refractivity contribution < 1.29 is 9.21 Å². The van der Waals surface area contributed by atoms with Crippen molar-refractivity contribution >= 4 is 5.78 Å². The number of carbonyl (C=O) groups is 1. The molecule has 0 spiro atoms. The summed E-state index contributed by atoms with van der Waals surface area (Å²) in [6, 6.07) is 2.01. The number of furan rings is 1.